The number of hydrogen-bond donors (Lipinski definition) is 1. The molecule has 0 spiro atoms. The minimum absolute atomic E-state index is 0.615. The minimum atomic E-state index is 0.615. The topological polar surface area (TPSA) is 59.9 Å². The van der Waals surface area contributed by atoms with Crippen molar-refractivity contribution < 1.29 is 4.74 Å². The van der Waals surface area contributed by atoms with Gasteiger partial charge in [-0.2, -0.15) is 0 Å². The van der Waals surface area contributed by atoms with Crippen molar-refractivity contribution in [3.63, 3.8) is 0 Å². The Morgan fingerprint density at radius 1 is 1.06 bits per heavy atom. The van der Waals surface area contributed by atoms with Crippen molar-refractivity contribution in [2.24, 2.45) is 0 Å². The molecule has 0 aliphatic carbocycles. The molecule has 0 bridgehead atoms. The summed E-state index contributed by atoms with van der Waals surface area (Å²) in [7, 11) is 3.50. The summed E-state index contributed by atoms with van der Waals surface area (Å²) in [4.78, 5) is 12.8. The van der Waals surface area contributed by atoms with Crippen molar-refractivity contribution in [2.75, 3.05) is 14.2 Å². The Labute approximate surface area is 106 Å². The predicted octanol–water partition coefficient (Wildman–Crippen LogP) is 1.19. The van der Waals surface area contributed by atoms with Crippen LogP contribution in [0.2, 0.25) is 0 Å². The fraction of sp³-hybridized carbons (Fsp3) is 0.308. The summed E-state index contributed by atoms with van der Waals surface area (Å²) in [6.07, 6.45) is 6.14. The third-order valence-corrected chi connectivity index (χ3v) is 2.51. The van der Waals surface area contributed by atoms with Crippen LogP contribution in [0.15, 0.2) is 30.7 Å². The number of aromatic nitrogens is 3. The maximum atomic E-state index is 5.01. The number of pyridine rings is 1. The lowest BCUT2D eigenvalue weighted by atomic mass is 10.2. The minimum Gasteiger partial charge on any atom is -0.481 e. The molecule has 2 aromatic heterocycles. The normalized spacial score (nSPS) is 10.3. The highest BCUT2D eigenvalue weighted by Gasteiger charge is 2.01. The highest BCUT2D eigenvalue weighted by molar-refractivity contribution is 5.21. The molecule has 0 radical (unpaired) electrons. The van der Waals surface area contributed by atoms with E-state index in [9.17, 15) is 0 Å². The second-order valence-corrected chi connectivity index (χ2v) is 3.92. The highest BCUT2D eigenvalue weighted by atomic mass is 16.5. The van der Waals surface area contributed by atoms with Crippen molar-refractivity contribution in [1.29, 1.82) is 0 Å². The van der Waals surface area contributed by atoms with E-state index in [-0.39, 0.29) is 0 Å². The fourth-order valence-corrected chi connectivity index (χ4v) is 1.59. The van der Waals surface area contributed by atoms with Gasteiger partial charge in [0.1, 0.15) is 5.82 Å². The third kappa shape index (κ3) is 3.24. The molecule has 0 amide bonds. The van der Waals surface area contributed by atoms with Crippen molar-refractivity contribution in [2.45, 2.75) is 13.0 Å². The van der Waals surface area contributed by atoms with Gasteiger partial charge in [0.2, 0.25) is 5.88 Å². The molecule has 94 valence electrons. The van der Waals surface area contributed by atoms with Crippen LogP contribution in [0, 0.1) is 0 Å². The first kappa shape index (κ1) is 12.4. The largest absolute Gasteiger partial charge is 0.481 e. The van der Waals surface area contributed by atoms with Crippen molar-refractivity contribution in [1.82, 2.24) is 20.3 Å². The van der Waals surface area contributed by atoms with Gasteiger partial charge in [0.15, 0.2) is 0 Å². The van der Waals surface area contributed by atoms with E-state index in [1.165, 1.54) is 0 Å². The number of rotatable bonds is 5. The number of nitrogens with one attached hydrogen (secondary N) is 1. The molecule has 0 aliphatic heterocycles. The molecular formula is C13H16N4O. The Bertz CT molecular complexity index is 481. The van der Waals surface area contributed by atoms with Gasteiger partial charge in [0, 0.05) is 43.2 Å². The van der Waals surface area contributed by atoms with E-state index in [1.54, 1.807) is 13.3 Å². The molecule has 1 N–H and O–H groups in total. The van der Waals surface area contributed by atoms with Crippen LogP contribution < -0.4 is 10.1 Å². The lowest BCUT2D eigenvalue weighted by molar-refractivity contribution is 0.397. The van der Waals surface area contributed by atoms with Crippen molar-refractivity contribution >= 4 is 0 Å². The standard InChI is InChI=1S/C13H16N4O/c1-14-6-11-8-15-12(16-9-11)5-10-3-4-13(18-2)17-7-10/h3-4,7-9,14H,5-6H2,1-2H3. The molecule has 0 atom stereocenters. The van der Waals surface area contributed by atoms with Gasteiger partial charge >= 0.3 is 0 Å². The van der Waals surface area contributed by atoms with Gasteiger partial charge in [0.05, 0.1) is 7.11 Å². The van der Waals surface area contributed by atoms with E-state index in [2.05, 4.69) is 20.3 Å². The van der Waals surface area contributed by atoms with Gasteiger partial charge in [-0.15, -0.1) is 0 Å². The summed E-state index contributed by atoms with van der Waals surface area (Å²) in [6.45, 7) is 0.782. The first-order chi connectivity index (χ1) is 8.81. The second kappa shape index (κ2) is 6.07. The Morgan fingerprint density at radius 2 is 1.78 bits per heavy atom. The Kier molecular flexibility index (Phi) is 4.20. The molecule has 0 aromatic carbocycles. The van der Waals surface area contributed by atoms with E-state index in [1.807, 2.05) is 31.6 Å². The van der Waals surface area contributed by atoms with Crippen LogP contribution in [0.1, 0.15) is 17.0 Å². The van der Waals surface area contributed by atoms with Crippen LogP contribution in [0.25, 0.3) is 0 Å². The van der Waals surface area contributed by atoms with E-state index in [0.717, 1.165) is 23.5 Å². The van der Waals surface area contributed by atoms with Gasteiger partial charge in [-0.05, 0) is 12.6 Å². The van der Waals surface area contributed by atoms with Crippen molar-refractivity contribution in [3.05, 3.63) is 47.7 Å². The van der Waals surface area contributed by atoms with Gasteiger partial charge in [-0.1, -0.05) is 6.07 Å². The lowest BCUT2D eigenvalue weighted by Gasteiger charge is -2.03. The van der Waals surface area contributed by atoms with E-state index in [0.29, 0.717) is 12.3 Å². The quantitative estimate of drug-likeness (QED) is 0.856. The molecule has 0 saturated carbocycles. The van der Waals surface area contributed by atoms with Crippen LogP contribution in [0.5, 0.6) is 5.88 Å². The van der Waals surface area contributed by atoms with E-state index < -0.39 is 0 Å². The van der Waals surface area contributed by atoms with Gasteiger partial charge in [0.25, 0.3) is 0 Å². The Balaban J connectivity index is 2.03. The molecule has 0 aliphatic rings. The molecule has 18 heavy (non-hydrogen) atoms. The monoisotopic (exact) mass is 244 g/mol. The van der Waals surface area contributed by atoms with Crippen LogP contribution in [-0.4, -0.2) is 29.1 Å². The van der Waals surface area contributed by atoms with Crippen LogP contribution in [-0.2, 0) is 13.0 Å². The highest BCUT2D eigenvalue weighted by Crippen LogP contribution is 2.09. The van der Waals surface area contributed by atoms with E-state index >= 15 is 0 Å². The SMILES string of the molecule is CNCc1cnc(Cc2ccc(OC)nc2)nc1. The average Bonchev–Trinajstić information content (AvgIpc) is 2.42. The number of hydrogen-bond acceptors (Lipinski definition) is 5. The van der Waals surface area contributed by atoms with Crippen LogP contribution in [0.4, 0.5) is 0 Å². The smallest absolute Gasteiger partial charge is 0.212 e. The van der Waals surface area contributed by atoms with Crippen molar-refractivity contribution in [3.8, 4) is 5.88 Å². The zero-order valence-electron chi connectivity index (χ0n) is 10.6. The fourth-order valence-electron chi connectivity index (χ4n) is 1.59. The van der Waals surface area contributed by atoms with Crippen LogP contribution in [0.3, 0.4) is 0 Å². The van der Waals surface area contributed by atoms with Gasteiger partial charge < -0.3 is 10.1 Å². The average molecular weight is 244 g/mol. The van der Waals surface area contributed by atoms with E-state index in [4.69, 9.17) is 4.74 Å². The second-order valence-electron chi connectivity index (χ2n) is 3.92. The zero-order chi connectivity index (χ0) is 12.8. The summed E-state index contributed by atoms with van der Waals surface area (Å²) in [5.74, 6) is 1.41. The van der Waals surface area contributed by atoms with Gasteiger partial charge in [-0.25, -0.2) is 15.0 Å². The Morgan fingerprint density at radius 3 is 2.33 bits per heavy atom. The molecule has 0 fully saturated rings. The summed E-state index contributed by atoms with van der Waals surface area (Å²) < 4.78 is 5.01. The maximum Gasteiger partial charge on any atom is 0.212 e. The molecule has 2 heterocycles. The summed E-state index contributed by atoms with van der Waals surface area (Å²) >= 11 is 0. The Hall–Kier alpha value is -2.01. The molecule has 2 aromatic rings. The number of ether oxygens (including phenoxy) is 1. The summed E-state index contributed by atoms with van der Waals surface area (Å²) in [5, 5.41) is 3.06. The molecular weight excluding hydrogens is 228 g/mol. The molecule has 5 heteroatoms. The number of methoxy groups -OCH3 is 1. The van der Waals surface area contributed by atoms with Crippen LogP contribution >= 0.6 is 0 Å². The first-order valence-electron chi connectivity index (χ1n) is 5.75. The third-order valence-electron chi connectivity index (χ3n) is 2.51. The molecule has 0 saturated heterocycles. The lowest BCUT2D eigenvalue weighted by Crippen LogP contribution is -2.07. The predicted molar refractivity (Wildman–Crippen MR) is 68.4 cm³/mol. The molecule has 5 nitrogen and oxygen atoms in total. The number of nitrogens with zero attached hydrogens (tertiary/aromatic N) is 3. The summed E-state index contributed by atoms with van der Waals surface area (Å²) in [5.41, 5.74) is 2.14. The molecule has 2 rings (SSSR count). The van der Waals surface area contributed by atoms with Gasteiger partial charge in [-0.3, -0.25) is 0 Å². The first-order valence-corrected chi connectivity index (χ1v) is 5.75. The summed E-state index contributed by atoms with van der Waals surface area (Å²) in [6, 6.07) is 3.81. The maximum absolute atomic E-state index is 5.01. The zero-order valence-corrected chi connectivity index (χ0v) is 10.6. The molecule has 0 unspecified atom stereocenters.